The van der Waals surface area contributed by atoms with E-state index in [4.69, 9.17) is 18.9 Å². The van der Waals surface area contributed by atoms with E-state index >= 15 is 0 Å². The van der Waals surface area contributed by atoms with Gasteiger partial charge in [0.2, 0.25) is 11.5 Å². The Morgan fingerprint density at radius 1 is 0.609 bits per heavy atom. The van der Waals surface area contributed by atoms with Gasteiger partial charge in [-0.05, 0) is 94.6 Å². The zero-order valence-electron chi connectivity index (χ0n) is 39.3. The van der Waals surface area contributed by atoms with Gasteiger partial charge in [-0.2, -0.15) is 19.6 Å². The van der Waals surface area contributed by atoms with Crippen LogP contribution in [0.15, 0.2) is 82.6 Å². The van der Waals surface area contributed by atoms with Crippen molar-refractivity contribution >= 4 is 11.4 Å². The predicted octanol–water partition coefficient (Wildman–Crippen LogP) is 5.84. The fraction of sp³-hybridized carbons (Fsp3) is 0.480. The van der Waals surface area contributed by atoms with E-state index in [9.17, 15) is 32.3 Å². The van der Waals surface area contributed by atoms with Gasteiger partial charge in [0.15, 0.2) is 0 Å². The molecule has 0 unspecified atom stereocenters. The number of hydrogen-bond donors (Lipinski definition) is 1. The molecule has 69 heavy (non-hydrogen) atoms. The number of likely N-dealkylation sites (N-methyl/N-ethyl adjacent to an activating group) is 2. The van der Waals surface area contributed by atoms with Crippen LogP contribution in [0.5, 0.6) is 17.2 Å². The highest BCUT2D eigenvalue weighted by atomic mass is 19.1. The second-order valence-corrected chi connectivity index (χ2v) is 18.7. The number of rotatable bonds is 18. The molecule has 0 radical (unpaired) electrons. The number of ether oxygens (including phenoxy) is 4. The number of aliphatic hydroxyl groups is 1. The summed E-state index contributed by atoms with van der Waals surface area (Å²) in [7, 11) is 5.73. The molecule has 9 rings (SSSR count). The van der Waals surface area contributed by atoms with Crippen LogP contribution in [0.2, 0.25) is 0 Å². The van der Waals surface area contributed by atoms with Crippen LogP contribution < -0.4 is 35.1 Å². The average Bonchev–Trinajstić information content (AvgIpc) is 4.28. The van der Waals surface area contributed by atoms with Gasteiger partial charge in [-0.3, -0.25) is 9.59 Å². The largest absolute Gasteiger partial charge is 0.497 e. The van der Waals surface area contributed by atoms with Crippen molar-refractivity contribution in [2.75, 3.05) is 110 Å². The van der Waals surface area contributed by atoms with Crippen molar-refractivity contribution < 1.29 is 41.6 Å². The number of methoxy groups -OCH3 is 1. The van der Waals surface area contributed by atoms with Crippen molar-refractivity contribution in [2.45, 2.75) is 45.1 Å². The molecule has 0 amide bonds. The summed E-state index contributed by atoms with van der Waals surface area (Å²) in [4.78, 5) is 35.4. The molecule has 2 saturated heterocycles. The maximum Gasteiger partial charge on any atom is 0.316 e. The minimum absolute atomic E-state index is 0.00349. The quantitative estimate of drug-likeness (QED) is 0.0832. The molecule has 0 bridgehead atoms. The van der Waals surface area contributed by atoms with E-state index in [1.54, 1.807) is 13.3 Å². The van der Waals surface area contributed by atoms with Crippen LogP contribution in [0.1, 0.15) is 44.1 Å². The molecule has 19 heteroatoms. The van der Waals surface area contributed by atoms with E-state index < -0.39 is 34.4 Å². The van der Waals surface area contributed by atoms with Crippen molar-refractivity contribution in [1.29, 1.82) is 0 Å². The zero-order chi connectivity index (χ0) is 48.7. The lowest BCUT2D eigenvalue weighted by Gasteiger charge is -2.34. The highest BCUT2D eigenvalue weighted by molar-refractivity contribution is 5.58. The van der Waals surface area contributed by atoms with Gasteiger partial charge in [-0.25, -0.2) is 17.6 Å². The molecule has 0 spiro atoms. The second-order valence-electron chi connectivity index (χ2n) is 18.7. The standard InChI is InChI=1S/C29H34F2N4O4.C21H26F2N4O3/c1-33-10-12-34(13-11-33)26-18-32-35(24-16-22(30)15-23(31)17-24)28(36)27(26)39-20-29(7-8-29)9-14-38-19-21-3-5-25(37-2)6-4-21;1-25-5-7-26(8-6-25)18-13-24-27(17-11-15(22)10-16(23)12-17)20(29)19(18)30-14-21(2-3-21)4-9-28/h3-6,15-18H,7-14,19-20H2,1-2H3;10-13,28H,2-9,14H2,1H3. The fourth-order valence-electron chi connectivity index (χ4n) is 8.54. The van der Waals surface area contributed by atoms with E-state index in [2.05, 4.69) is 31.9 Å². The summed E-state index contributed by atoms with van der Waals surface area (Å²) in [5, 5.41) is 17.7. The van der Waals surface area contributed by atoms with E-state index in [0.717, 1.165) is 128 Å². The lowest BCUT2D eigenvalue weighted by Crippen LogP contribution is -2.45. The summed E-state index contributed by atoms with van der Waals surface area (Å²) in [5.41, 5.74) is 1.00. The third kappa shape index (κ3) is 12.4. The minimum Gasteiger partial charge on any atom is -0.497 e. The van der Waals surface area contributed by atoms with Gasteiger partial charge in [-0.15, -0.1) is 0 Å². The number of halogens is 4. The van der Waals surface area contributed by atoms with E-state index in [1.807, 2.05) is 36.2 Å². The first-order valence-electron chi connectivity index (χ1n) is 23.4. The van der Waals surface area contributed by atoms with Crippen molar-refractivity contribution in [3.05, 3.63) is 123 Å². The number of benzene rings is 3. The number of piperazine rings is 2. The minimum atomic E-state index is -0.788. The summed E-state index contributed by atoms with van der Waals surface area (Å²) in [6, 6.07) is 13.6. The van der Waals surface area contributed by atoms with Crippen LogP contribution in [-0.2, 0) is 11.3 Å². The molecule has 5 aromatic rings. The highest BCUT2D eigenvalue weighted by Crippen LogP contribution is 2.50. The van der Waals surface area contributed by atoms with Gasteiger partial charge >= 0.3 is 11.1 Å². The van der Waals surface area contributed by atoms with Gasteiger partial charge in [0.1, 0.15) is 40.4 Å². The Hall–Kier alpha value is -6.02. The van der Waals surface area contributed by atoms with Crippen molar-refractivity contribution in [3.63, 3.8) is 0 Å². The molecule has 0 atom stereocenters. The summed E-state index contributed by atoms with van der Waals surface area (Å²) in [6.45, 7) is 8.05. The Bertz CT molecular complexity index is 2620. The fourth-order valence-corrected chi connectivity index (χ4v) is 8.54. The molecule has 15 nitrogen and oxygen atoms in total. The monoisotopic (exact) mass is 960 g/mol. The van der Waals surface area contributed by atoms with Crippen molar-refractivity contribution in [2.24, 2.45) is 10.8 Å². The molecule has 3 aromatic carbocycles. The summed E-state index contributed by atoms with van der Waals surface area (Å²) >= 11 is 0. The lowest BCUT2D eigenvalue weighted by molar-refractivity contribution is 0.0924. The number of aliphatic hydroxyl groups excluding tert-OH is 1. The Balaban J connectivity index is 0.000000192. The molecule has 4 heterocycles. The lowest BCUT2D eigenvalue weighted by atomic mass is 10.1. The van der Waals surface area contributed by atoms with Gasteiger partial charge in [0.25, 0.3) is 0 Å². The Morgan fingerprint density at radius 3 is 1.42 bits per heavy atom. The van der Waals surface area contributed by atoms with E-state index in [-0.39, 0.29) is 40.3 Å². The highest BCUT2D eigenvalue weighted by Gasteiger charge is 2.44. The van der Waals surface area contributed by atoms with Crippen molar-refractivity contribution in [3.8, 4) is 28.6 Å². The van der Waals surface area contributed by atoms with Crippen LogP contribution in [-0.4, -0.2) is 134 Å². The van der Waals surface area contributed by atoms with Gasteiger partial charge < -0.3 is 43.7 Å². The maximum absolute atomic E-state index is 13.9. The third-order valence-electron chi connectivity index (χ3n) is 13.5. The molecular weight excluding hydrogens is 901 g/mol. The van der Waals surface area contributed by atoms with Crippen LogP contribution in [0.3, 0.4) is 0 Å². The smallest absolute Gasteiger partial charge is 0.316 e. The summed E-state index contributed by atoms with van der Waals surface area (Å²) in [5.74, 6) is -2.05. The molecule has 4 fully saturated rings. The number of aromatic nitrogens is 4. The molecule has 4 aliphatic rings. The molecule has 2 aliphatic heterocycles. The number of nitrogens with zero attached hydrogens (tertiary/aromatic N) is 8. The van der Waals surface area contributed by atoms with Crippen LogP contribution in [0, 0.1) is 34.1 Å². The molecule has 1 N–H and O–H groups in total. The summed E-state index contributed by atoms with van der Waals surface area (Å²) < 4.78 is 80.6. The first-order valence-corrected chi connectivity index (χ1v) is 23.4. The topological polar surface area (TPSA) is 140 Å². The van der Waals surface area contributed by atoms with Crippen molar-refractivity contribution in [1.82, 2.24) is 29.4 Å². The third-order valence-corrected chi connectivity index (χ3v) is 13.5. The first kappa shape index (κ1) is 49.4. The van der Waals surface area contributed by atoms with Gasteiger partial charge in [0, 0.05) is 88.5 Å². The van der Waals surface area contributed by atoms with Crippen LogP contribution in [0.4, 0.5) is 28.9 Å². The summed E-state index contributed by atoms with van der Waals surface area (Å²) in [6.07, 6.45) is 8.34. The Morgan fingerprint density at radius 2 is 1.03 bits per heavy atom. The van der Waals surface area contributed by atoms with Gasteiger partial charge in [-0.1, -0.05) is 12.1 Å². The number of anilines is 2. The van der Waals surface area contributed by atoms with E-state index in [0.29, 0.717) is 57.3 Å². The zero-order valence-corrected chi connectivity index (χ0v) is 39.3. The first-order chi connectivity index (χ1) is 33.3. The van der Waals surface area contributed by atoms with E-state index in [1.165, 1.54) is 6.20 Å². The number of hydrogen-bond acceptors (Lipinski definition) is 13. The molecule has 370 valence electrons. The second kappa shape index (κ2) is 21.7. The maximum atomic E-state index is 13.9. The molecule has 2 saturated carbocycles. The Kier molecular flexibility index (Phi) is 15.6. The SMILES string of the molecule is CN1CCN(c2cnn(-c3cc(F)cc(F)c3)c(=O)c2OCC2(CCO)CC2)CC1.COc1ccc(COCCC2(COc3c(N4CCN(C)CC4)cnn(-c4cc(F)cc(F)c4)c3=O)CC2)cc1. The molecule has 2 aromatic heterocycles. The van der Waals surface area contributed by atoms with Crippen LogP contribution >= 0.6 is 0 Å². The molecule has 2 aliphatic carbocycles. The Labute approximate surface area is 398 Å². The predicted molar refractivity (Wildman–Crippen MR) is 252 cm³/mol. The normalized spacial score (nSPS) is 17.5. The average molecular weight is 961 g/mol. The molecular formula is C50H60F4N8O7. The van der Waals surface area contributed by atoms with Crippen LogP contribution in [0.25, 0.3) is 11.4 Å². The van der Waals surface area contributed by atoms with Gasteiger partial charge in [0.05, 0.1) is 50.7 Å².